The highest BCUT2D eigenvalue weighted by atomic mass is 16.6. The van der Waals surface area contributed by atoms with Crippen LogP contribution in [0.3, 0.4) is 0 Å². The zero-order valence-electron chi connectivity index (χ0n) is 41.4. The number of carboxylic acid groups (broad SMARTS) is 1. The molecule has 0 aliphatic rings. The Labute approximate surface area is 392 Å². The molecule has 0 rings (SSSR count). The summed E-state index contributed by atoms with van der Waals surface area (Å²) in [6, 6.07) is -0.737. The van der Waals surface area contributed by atoms with Gasteiger partial charge in [0.1, 0.15) is 12.6 Å². The van der Waals surface area contributed by atoms with Crippen molar-refractivity contribution >= 4 is 17.9 Å². The Morgan fingerprint density at radius 1 is 0.469 bits per heavy atom. The summed E-state index contributed by atoms with van der Waals surface area (Å²) in [4.78, 5) is 37.0. The zero-order valence-corrected chi connectivity index (χ0v) is 41.4. The number of ether oxygens (including phenoxy) is 3. The summed E-state index contributed by atoms with van der Waals surface area (Å²) in [5, 5.41) is 11.7. The Hall–Kier alpha value is -3.75. The van der Waals surface area contributed by atoms with Crippen LogP contribution in [0, 0.1) is 0 Å². The maximum absolute atomic E-state index is 12.8. The summed E-state index contributed by atoms with van der Waals surface area (Å²) in [7, 11) is 5.40. The molecule has 0 amide bonds. The predicted octanol–water partition coefficient (Wildman–Crippen LogP) is 13.3. The number of carbonyl (C=O) groups excluding carboxylic acids is 3. The first kappa shape index (κ1) is 60.2. The quantitative estimate of drug-likeness (QED) is 0.0260. The lowest BCUT2D eigenvalue weighted by molar-refractivity contribution is -0.889. The van der Waals surface area contributed by atoms with Crippen molar-refractivity contribution in [3.05, 3.63) is 97.2 Å². The number of rotatable bonds is 44. The summed E-state index contributed by atoms with van der Waals surface area (Å²) < 4.78 is 17.2. The number of esters is 2. The molecule has 64 heavy (non-hydrogen) atoms. The number of aliphatic carboxylic acids is 1. The minimum absolute atomic E-state index is 0.0235. The van der Waals surface area contributed by atoms with Crippen molar-refractivity contribution in [2.24, 2.45) is 0 Å². The van der Waals surface area contributed by atoms with Crippen LogP contribution in [0.25, 0.3) is 0 Å². The number of nitrogens with zero attached hydrogens (tertiary/aromatic N) is 1. The van der Waals surface area contributed by atoms with Crippen LogP contribution in [-0.4, -0.2) is 75.5 Å². The molecule has 0 spiro atoms. The molecule has 0 radical (unpaired) electrons. The standard InChI is InChI=1S/C56H93NO7/c1-6-8-10-12-14-16-18-20-22-24-26-27-29-31-33-35-37-39-41-43-45-47-55(59)64-52(50-62-49-48-53(56(60)61)57(3,4)5)51-63-54(58)46-44-42-40-38-36-34-32-30-28-25-23-21-19-17-15-13-11-9-7-2/h8-11,14-17,20-23,28,30,34,36,52-53H,6-7,12-13,18-19,24-27,29,31-33,35,37-51H2,1-5H3/b10-8+,11-9+,16-14+,17-15+,22-20+,23-21+,30-28+,36-34+. The Balaban J connectivity index is 4.33. The average Bonchev–Trinajstić information content (AvgIpc) is 3.26. The molecule has 8 heteroatoms. The maximum Gasteiger partial charge on any atom is 0.306 e. The molecule has 364 valence electrons. The van der Waals surface area contributed by atoms with Crippen molar-refractivity contribution in [2.75, 3.05) is 41.0 Å². The van der Waals surface area contributed by atoms with Crippen LogP contribution in [0.5, 0.6) is 0 Å². The van der Waals surface area contributed by atoms with Gasteiger partial charge >= 0.3 is 11.9 Å². The van der Waals surface area contributed by atoms with Crippen molar-refractivity contribution < 1.29 is 38.2 Å². The van der Waals surface area contributed by atoms with Gasteiger partial charge in [0.15, 0.2) is 6.10 Å². The fourth-order valence-corrected chi connectivity index (χ4v) is 6.88. The Morgan fingerprint density at radius 3 is 1.23 bits per heavy atom. The van der Waals surface area contributed by atoms with Crippen molar-refractivity contribution in [1.82, 2.24) is 0 Å². The lowest BCUT2D eigenvalue weighted by Gasteiger charge is -2.34. The number of carbonyl (C=O) groups is 3. The third-order valence-electron chi connectivity index (χ3n) is 10.7. The fraction of sp³-hybridized carbons (Fsp3) is 0.661. The minimum atomic E-state index is -1.13. The molecule has 0 aliphatic heterocycles. The highest BCUT2D eigenvalue weighted by molar-refractivity contribution is 5.70. The number of carboxylic acids is 1. The second-order valence-electron chi connectivity index (χ2n) is 17.6. The molecule has 0 saturated heterocycles. The molecule has 0 heterocycles. The highest BCUT2D eigenvalue weighted by Crippen LogP contribution is 2.14. The van der Waals surface area contributed by atoms with Gasteiger partial charge in [0.2, 0.25) is 0 Å². The van der Waals surface area contributed by atoms with E-state index in [0.717, 1.165) is 96.3 Å². The smallest absolute Gasteiger partial charge is 0.306 e. The van der Waals surface area contributed by atoms with E-state index in [1.165, 1.54) is 57.8 Å². The fourth-order valence-electron chi connectivity index (χ4n) is 6.88. The van der Waals surface area contributed by atoms with Crippen molar-refractivity contribution in [2.45, 2.75) is 199 Å². The number of likely N-dealkylation sites (N-methyl/N-ethyl adjacent to an activating group) is 1. The Kier molecular flexibility index (Phi) is 43.1. The second kappa shape index (κ2) is 45.8. The summed E-state index contributed by atoms with van der Waals surface area (Å²) in [6.45, 7) is 4.40. The van der Waals surface area contributed by atoms with E-state index < -0.39 is 18.1 Å². The van der Waals surface area contributed by atoms with Gasteiger partial charge in [-0.2, -0.15) is 0 Å². The average molecular weight is 892 g/mol. The van der Waals surface area contributed by atoms with Crippen LogP contribution >= 0.6 is 0 Å². The van der Waals surface area contributed by atoms with Gasteiger partial charge in [-0.05, 0) is 89.9 Å². The molecule has 2 atom stereocenters. The van der Waals surface area contributed by atoms with E-state index in [2.05, 4.69) is 111 Å². The van der Waals surface area contributed by atoms with Crippen LogP contribution in [0.2, 0.25) is 0 Å². The second-order valence-corrected chi connectivity index (χ2v) is 17.6. The van der Waals surface area contributed by atoms with E-state index in [9.17, 15) is 19.5 Å². The number of quaternary nitrogens is 1. The summed E-state index contributed by atoms with van der Waals surface area (Å²) >= 11 is 0. The molecule has 0 aromatic carbocycles. The Morgan fingerprint density at radius 2 is 0.828 bits per heavy atom. The van der Waals surface area contributed by atoms with Crippen molar-refractivity contribution in [3.8, 4) is 0 Å². The van der Waals surface area contributed by atoms with Gasteiger partial charge in [0, 0.05) is 19.3 Å². The highest BCUT2D eigenvalue weighted by Gasteiger charge is 2.25. The topological polar surface area (TPSA) is 102 Å². The molecule has 0 aromatic heterocycles. The lowest BCUT2D eigenvalue weighted by Crippen LogP contribution is -2.55. The van der Waals surface area contributed by atoms with Crippen LogP contribution in [-0.2, 0) is 28.6 Å². The molecule has 2 unspecified atom stereocenters. The van der Waals surface area contributed by atoms with E-state index in [4.69, 9.17) is 14.2 Å². The van der Waals surface area contributed by atoms with Gasteiger partial charge in [-0.15, -0.1) is 0 Å². The number of unbranched alkanes of at least 4 members (excludes halogenated alkanes) is 14. The van der Waals surface area contributed by atoms with Gasteiger partial charge in [-0.1, -0.05) is 175 Å². The van der Waals surface area contributed by atoms with E-state index in [0.29, 0.717) is 12.8 Å². The van der Waals surface area contributed by atoms with Gasteiger partial charge in [-0.3, -0.25) is 9.59 Å². The molecular weight excluding hydrogens is 799 g/mol. The minimum Gasteiger partial charge on any atom is -0.544 e. The van der Waals surface area contributed by atoms with E-state index >= 15 is 0 Å². The SMILES string of the molecule is CC/C=C/C/C=C/C/C=C/C/C=C/C/C=C/CCCCCC(=O)OCC(COCCC(C(=O)[O-])[N+](C)(C)C)OC(=O)CCCCCCCCCCCCC/C=C/C/C=C/C/C=C/CC. The summed E-state index contributed by atoms with van der Waals surface area (Å²) in [5.41, 5.74) is 0. The van der Waals surface area contributed by atoms with Gasteiger partial charge in [0.25, 0.3) is 0 Å². The normalized spacial score (nSPS) is 13.7. The zero-order chi connectivity index (χ0) is 47.0. The summed E-state index contributed by atoms with van der Waals surface area (Å²) in [6.07, 6.45) is 61.5. The third kappa shape index (κ3) is 43.5. The first-order valence-corrected chi connectivity index (χ1v) is 25.3. The monoisotopic (exact) mass is 892 g/mol. The van der Waals surface area contributed by atoms with E-state index in [1.807, 2.05) is 0 Å². The lowest BCUT2D eigenvalue weighted by atomic mass is 10.0. The largest absolute Gasteiger partial charge is 0.544 e. The van der Waals surface area contributed by atoms with Gasteiger partial charge in [0.05, 0.1) is 40.3 Å². The number of hydrogen-bond donors (Lipinski definition) is 0. The van der Waals surface area contributed by atoms with E-state index in [1.54, 1.807) is 21.1 Å². The number of allylic oxidation sites excluding steroid dienone is 16. The first-order valence-electron chi connectivity index (χ1n) is 25.3. The molecule has 0 bridgehead atoms. The maximum atomic E-state index is 12.8. The predicted molar refractivity (Wildman–Crippen MR) is 268 cm³/mol. The van der Waals surface area contributed by atoms with Gasteiger partial charge < -0.3 is 28.6 Å². The summed E-state index contributed by atoms with van der Waals surface area (Å²) in [5.74, 6) is -1.79. The van der Waals surface area contributed by atoms with Gasteiger partial charge in [-0.25, -0.2) is 0 Å². The van der Waals surface area contributed by atoms with Crippen LogP contribution in [0.4, 0.5) is 0 Å². The van der Waals surface area contributed by atoms with Crippen LogP contribution < -0.4 is 5.11 Å². The number of hydrogen-bond acceptors (Lipinski definition) is 7. The molecule has 0 aromatic rings. The molecule has 0 saturated carbocycles. The molecule has 0 aliphatic carbocycles. The van der Waals surface area contributed by atoms with Crippen molar-refractivity contribution in [3.63, 3.8) is 0 Å². The van der Waals surface area contributed by atoms with Crippen molar-refractivity contribution in [1.29, 1.82) is 0 Å². The van der Waals surface area contributed by atoms with Crippen LogP contribution in [0.15, 0.2) is 97.2 Å². The molecule has 0 N–H and O–H groups in total. The molecular formula is C56H93NO7. The Bertz CT molecular complexity index is 1360. The molecule has 8 nitrogen and oxygen atoms in total. The van der Waals surface area contributed by atoms with E-state index in [-0.39, 0.29) is 42.7 Å². The first-order chi connectivity index (χ1) is 31.1. The van der Waals surface area contributed by atoms with Crippen LogP contribution in [0.1, 0.15) is 187 Å². The third-order valence-corrected chi connectivity index (χ3v) is 10.7. The molecule has 0 fully saturated rings.